The van der Waals surface area contributed by atoms with Crippen LogP contribution in [0.25, 0.3) is 5.76 Å². The number of halogens is 3. The van der Waals surface area contributed by atoms with Crippen molar-refractivity contribution in [1.29, 1.82) is 5.26 Å². The maximum Gasteiger partial charge on any atom is 0.416 e. The van der Waals surface area contributed by atoms with Crippen LogP contribution in [0.4, 0.5) is 18.9 Å². The first-order valence-corrected chi connectivity index (χ1v) is 6.70. The number of nitriles is 1. The number of rotatable bonds is 3. The van der Waals surface area contributed by atoms with E-state index < -0.39 is 29.0 Å². The predicted octanol–water partition coefficient (Wildman–Crippen LogP) is 4.14. The summed E-state index contributed by atoms with van der Waals surface area (Å²) < 4.78 is 37.5. The van der Waals surface area contributed by atoms with Crippen molar-refractivity contribution in [3.63, 3.8) is 0 Å². The molecule has 0 aliphatic rings. The molecule has 0 radical (unpaired) electrons. The zero-order chi connectivity index (χ0) is 17.7. The zero-order valence-corrected chi connectivity index (χ0v) is 12.1. The van der Waals surface area contributed by atoms with Crippen LogP contribution in [0.15, 0.2) is 60.2 Å². The molecule has 4 nitrogen and oxygen atoms in total. The smallest absolute Gasteiger partial charge is 0.416 e. The van der Waals surface area contributed by atoms with E-state index in [1.807, 2.05) is 0 Å². The van der Waals surface area contributed by atoms with Crippen LogP contribution in [0.3, 0.4) is 0 Å². The van der Waals surface area contributed by atoms with Crippen LogP contribution in [0.2, 0.25) is 0 Å². The van der Waals surface area contributed by atoms with Gasteiger partial charge >= 0.3 is 6.18 Å². The minimum absolute atomic E-state index is 0.0709. The van der Waals surface area contributed by atoms with Gasteiger partial charge < -0.3 is 10.4 Å². The number of nitrogens with zero attached hydrogens (tertiary/aromatic N) is 1. The van der Waals surface area contributed by atoms with Gasteiger partial charge in [-0.25, -0.2) is 0 Å². The second-order valence-electron chi connectivity index (χ2n) is 4.73. The van der Waals surface area contributed by atoms with Crippen LogP contribution in [0.5, 0.6) is 0 Å². The van der Waals surface area contributed by atoms with Crippen molar-refractivity contribution in [3.05, 3.63) is 71.3 Å². The normalized spacial score (nSPS) is 12.1. The maximum atomic E-state index is 12.5. The van der Waals surface area contributed by atoms with E-state index in [0.717, 1.165) is 24.3 Å². The summed E-state index contributed by atoms with van der Waals surface area (Å²) in [6, 6.07) is 13.3. The highest BCUT2D eigenvalue weighted by atomic mass is 19.4. The highest BCUT2D eigenvalue weighted by molar-refractivity contribution is 6.10. The second-order valence-corrected chi connectivity index (χ2v) is 4.73. The largest absolute Gasteiger partial charge is 0.506 e. The van der Waals surface area contributed by atoms with Crippen molar-refractivity contribution >= 4 is 17.4 Å². The Balaban J connectivity index is 2.23. The van der Waals surface area contributed by atoms with Crippen molar-refractivity contribution in [2.24, 2.45) is 0 Å². The molecule has 0 unspecified atom stereocenters. The Morgan fingerprint density at radius 1 is 1.04 bits per heavy atom. The van der Waals surface area contributed by atoms with Gasteiger partial charge in [-0.2, -0.15) is 18.4 Å². The van der Waals surface area contributed by atoms with E-state index >= 15 is 0 Å². The first-order chi connectivity index (χ1) is 11.3. The number of alkyl halides is 3. The SMILES string of the molecule is N#C/C(C(=O)Nc1ccc(C(F)(F)F)cc1)=C(/O)c1ccccc1. The number of amides is 1. The van der Waals surface area contributed by atoms with Gasteiger partial charge in [0.25, 0.3) is 5.91 Å². The van der Waals surface area contributed by atoms with E-state index in [2.05, 4.69) is 5.32 Å². The number of carbonyl (C=O) groups is 1. The Labute approximate surface area is 135 Å². The molecule has 1 amide bonds. The van der Waals surface area contributed by atoms with E-state index in [-0.39, 0.29) is 11.3 Å². The molecule has 2 rings (SSSR count). The third-order valence-electron chi connectivity index (χ3n) is 3.09. The van der Waals surface area contributed by atoms with Crippen molar-refractivity contribution in [2.45, 2.75) is 6.18 Å². The van der Waals surface area contributed by atoms with E-state index in [4.69, 9.17) is 5.26 Å². The topological polar surface area (TPSA) is 73.1 Å². The Kier molecular flexibility index (Phi) is 4.90. The summed E-state index contributed by atoms with van der Waals surface area (Å²) in [5.41, 5.74) is -1.05. The Bertz CT molecular complexity index is 804. The molecule has 2 aromatic rings. The lowest BCUT2D eigenvalue weighted by atomic mass is 10.1. The molecule has 24 heavy (non-hydrogen) atoms. The van der Waals surface area contributed by atoms with E-state index in [1.54, 1.807) is 24.3 Å². The first kappa shape index (κ1) is 17.1. The van der Waals surface area contributed by atoms with Crippen molar-refractivity contribution in [2.75, 3.05) is 5.32 Å². The monoisotopic (exact) mass is 332 g/mol. The lowest BCUT2D eigenvalue weighted by molar-refractivity contribution is -0.137. The average molecular weight is 332 g/mol. The van der Waals surface area contributed by atoms with Gasteiger partial charge in [-0.15, -0.1) is 0 Å². The lowest BCUT2D eigenvalue weighted by Crippen LogP contribution is -2.15. The molecule has 0 atom stereocenters. The summed E-state index contributed by atoms with van der Waals surface area (Å²) in [4.78, 5) is 12.1. The summed E-state index contributed by atoms with van der Waals surface area (Å²) in [6.07, 6.45) is -4.48. The molecule has 2 aromatic carbocycles. The fourth-order valence-electron chi connectivity index (χ4n) is 1.89. The molecule has 2 N–H and O–H groups in total. The number of nitrogens with one attached hydrogen (secondary N) is 1. The minimum atomic E-state index is -4.48. The van der Waals surface area contributed by atoms with E-state index in [9.17, 15) is 23.1 Å². The van der Waals surface area contributed by atoms with Crippen LogP contribution >= 0.6 is 0 Å². The minimum Gasteiger partial charge on any atom is -0.506 e. The fourth-order valence-corrected chi connectivity index (χ4v) is 1.89. The fraction of sp³-hybridized carbons (Fsp3) is 0.0588. The molecule has 0 fully saturated rings. The first-order valence-electron chi connectivity index (χ1n) is 6.70. The summed E-state index contributed by atoms with van der Waals surface area (Å²) >= 11 is 0. The standard InChI is InChI=1S/C17H11F3N2O2/c18-17(19,20)12-6-8-13(9-7-12)22-16(24)14(10-21)15(23)11-4-2-1-3-5-11/h1-9,23H,(H,22,24)/b15-14-. The number of aliphatic hydroxyl groups is 1. The van der Waals surface area contributed by atoms with Crippen molar-refractivity contribution < 1.29 is 23.1 Å². The molecular formula is C17H11F3N2O2. The molecule has 0 aliphatic carbocycles. The predicted molar refractivity (Wildman–Crippen MR) is 81.7 cm³/mol. The zero-order valence-electron chi connectivity index (χ0n) is 12.1. The average Bonchev–Trinajstić information content (AvgIpc) is 2.56. The number of hydrogen-bond donors (Lipinski definition) is 2. The van der Waals surface area contributed by atoms with Gasteiger partial charge in [-0.05, 0) is 24.3 Å². The van der Waals surface area contributed by atoms with Gasteiger partial charge in [0.15, 0.2) is 5.57 Å². The van der Waals surface area contributed by atoms with Gasteiger partial charge in [-0.1, -0.05) is 30.3 Å². The molecule has 7 heteroatoms. The summed E-state index contributed by atoms with van der Waals surface area (Å²) in [6.45, 7) is 0. The third-order valence-corrected chi connectivity index (χ3v) is 3.09. The van der Waals surface area contributed by atoms with Crippen molar-refractivity contribution in [3.8, 4) is 6.07 Å². The second kappa shape index (κ2) is 6.87. The molecule has 0 heterocycles. The van der Waals surface area contributed by atoms with Gasteiger partial charge in [0.1, 0.15) is 11.8 Å². The number of benzene rings is 2. The quantitative estimate of drug-likeness (QED) is 0.504. The van der Waals surface area contributed by atoms with Crippen LogP contribution in [-0.2, 0) is 11.0 Å². The summed E-state index contributed by atoms with van der Waals surface area (Å²) in [5, 5.41) is 21.4. The molecule has 0 saturated carbocycles. The number of aliphatic hydroxyl groups excluding tert-OH is 1. The molecule has 0 spiro atoms. The number of carbonyl (C=O) groups excluding carboxylic acids is 1. The molecule has 122 valence electrons. The molecule has 0 aliphatic heterocycles. The number of anilines is 1. The van der Waals surface area contributed by atoms with Gasteiger partial charge in [0.2, 0.25) is 0 Å². The van der Waals surface area contributed by atoms with E-state index in [0.29, 0.717) is 0 Å². The van der Waals surface area contributed by atoms with Crippen LogP contribution in [-0.4, -0.2) is 11.0 Å². The van der Waals surface area contributed by atoms with Crippen LogP contribution in [0.1, 0.15) is 11.1 Å². The van der Waals surface area contributed by atoms with Gasteiger partial charge in [0, 0.05) is 11.3 Å². The summed E-state index contributed by atoms with van der Waals surface area (Å²) in [5.74, 6) is -1.43. The Morgan fingerprint density at radius 2 is 1.62 bits per heavy atom. The third kappa shape index (κ3) is 3.93. The Morgan fingerprint density at radius 3 is 2.12 bits per heavy atom. The molecule has 0 saturated heterocycles. The van der Waals surface area contributed by atoms with Gasteiger partial charge in [0.05, 0.1) is 5.56 Å². The van der Waals surface area contributed by atoms with Crippen molar-refractivity contribution in [1.82, 2.24) is 0 Å². The highest BCUT2D eigenvalue weighted by Crippen LogP contribution is 2.30. The Hall–Kier alpha value is -3.27. The molecule has 0 bridgehead atoms. The summed E-state index contributed by atoms with van der Waals surface area (Å²) in [7, 11) is 0. The van der Waals surface area contributed by atoms with Gasteiger partial charge in [-0.3, -0.25) is 4.79 Å². The number of hydrogen-bond acceptors (Lipinski definition) is 3. The van der Waals surface area contributed by atoms with Crippen LogP contribution < -0.4 is 5.32 Å². The molecule has 0 aromatic heterocycles. The molecular weight excluding hydrogens is 321 g/mol. The van der Waals surface area contributed by atoms with Crippen LogP contribution in [0, 0.1) is 11.3 Å². The lowest BCUT2D eigenvalue weighted by Gasteiger charge is -2.09. The maximum absolute atomic E-state index is 12.5. The van der Waals surface area contributed by atoms with E-state index in [1.165, 1.54) is 12.1 Å². The highest BCUT2D eigenvalue weighted by Gasteiger charge is 2.30.